The van der Waals surface area contributed by atoms with Gasteiger partial charge in [-0.15, -0.1) is 0 Å². The van der Waals surface area contributed by atoms with Gasteiger partial charge in [-0.2, -0.15) is 0 Å². The summed E-state index contributed by atoms with van der Waals surface area (Å²) >= 11 is 0. The third kappa shape index (κ3) is 8.07. The number of benzene rings is 5. The second-order valence-corrected chi connectivity index (χ2v) is 16.2. The molecule has 12 heteroatoms. The molecule has 0 bridgehead atoms. The SMILES string of the molecule is CCC(=O)N[C@@H](C(=O)N1CCC[C@H]1c1nc2ccc(-c3ccc(-c4ccc5nc([C@@H]6CCCN6C(=O)[C@H](NC(=O)CC)c6ccccc6)[nH]c5c4)cc3)cc2[nH]1)c1ccccc1. The smallest absolute Gasteiger partial charge is 0.250 e. The van der Waals surface area contributed by atoms with Crippen molar-refractivity contribution in [1.29, 1.82) is 0 Å². The fourth-order valence-electron chi connectivity index (χ4n) is 8.94. The number of hydrogen-bond acceptors (Lipinski definition) is 6. The Morgan fingerprint density at radius 1 is 0.565 bits per heavy atom. The summed E-state index contributed by atoms with van der Waals surface area (Å²) in [6.07, 6.45) is 3.84. The van der Waals surface area contributed by atoms with Crippen LogP contribution in [-0.4, -0.2) is 66.5 Å². The molecule has 2 saturated heterocycles. The lowest BCUT2D eigenvalue weighted by Crippen LogP contribution is -2.42. The van der Waals surface area contributed by atoms with E-state index >= 15 is 0 Å². The van der Waals surface area contributed by atoms with Crippen LogP contribution in [0.15, 0.2) is 121 Å². The zero-order valence-electron chi connectivity index (χ0n) is 34.9. The normalized spacial score (nSPS) is 17.3. The van der Waals surface area contributed by atoms with Crippen LogP contribution < -0.4 is 10.6 Å². The van der Waals surface area contributed by atoms with E-state index < -0.39 is 12.1 Å². The minimum atomic E-state index is -0.761. The molecule has 2 fully saturated rings. The van der Waals surface area contributed by atoms with Gasteiger partial charge in [0, 0.05) is 25.9 Å². The number of aromatic nitrogens is 4. The Morgan fingerprint density at radius 3 is 1.34 bits per heavy atom. The van der Waals surface area contributed by atoms with E-state index in [4.69, 9.17) is 9.97 Å². The van der Waals surface area contributed by atoms with Crippen LogP contribution in [-0.2, 0) is 19.2 Å². The number of H-pyrrole nitrogens is 2. The number of likely N-dealkylation sites (tertiary alicyclic amines) is 2. The number of imidazole rings is 2. The van der Waals surface area contributed by atoms with Crippen LogP contribution in [0, 0.1) is 0 Å². The van der Waals surface area contributed by atoms with Gasteiger partial charge in [0.15, 0.2) is 0 Å². The van der Waals surface area contributed by atoms with Gasteiger partial charge in [0.2, 0.25) is 23.6 Å². The molecule has 5 aromatic carbocycles. The third-order valence-corrected chi connectivity index (χ3v) is 12.3. The van der Waals surface area contributed by atoms with E-state index in [1.807, 2.05) is 82.6 Å². The summed E-state index contributed by atoms with van der Waals surface area (Å²) in [7, 11) is 0. The maximum absolute atomic E-state index is 14.1. The van der Waals surface area contributed by atoms with Crippen LogP contribution in [0.4, 0.5) is 0 Å². The van der Waals surface area contributed by atoms with Crippen molar-refractivity contribution in [2.75, 3.05) is 13.1 Å². The highest BCUT2D eigenvalue weighted by molar-refractivity contribution is 5.91. The number of amides is 4. The van der Waals surface area contributed by atoms with Crippen molar-refractivity contribution in [3.05, 3.63) is 144 Å². The average molecular weight is 827 g/mol. The monoisotopic (exact) mass is 826 g/mol. The van der Waals surface area contributed by atoms with Crippen molar-refractivity contribution in [2.24, 2.45) is 0 Å². The molecule has 4 amide bonds. The summed E-state index contributed by atoms with van der Waals surface area (Å²) in [5.74, 6) is 0.887. The lowest BCUT2D eigenvalue weighted by atomic mass is 10.00. The number of carbonyl (C=O) groups is 4. The second-order valence-electron chi connectivity index (χ2n) is 16.2. The largest absolute Gasteiger partial charge is 0.341 e. The maximum Gasteiger partial charge on any atom is 0.250 e. The number of fused-ring (bicyclic) bond motifs is 2. The Kier molecular flexibility index (Phi) is 11.4. The first-order chi connectivity index (χ1) is 30.3. The first-order valence-electron chi connectivity index (χ1n) is 21.7. The number of rotatable bonds is 12. The van der Waals surface area contributed by atoms with Crippen molar-refractivity contribution in [3.63, 3.8) is 0 Å². The van der Waals surface area contributed by atoms with Crippen LogP contribution in [0.2, 0.25) is 0 Å². The number of aromatic amines is 2. The predicted octanol–water partition coefficient (Wildman–Crippen LogP) is 8.64. The van der Waals surface area contributed by atoms with Crippen molar-refractivity contribution >= 4 is 45.7 Å². The van der Waals surface area contributed by atoms with Gasteiger partial charge in [0.25, 0.3) is 0 Å². The Hall–Kier alpha value is -7.08. The van der Waals surface area contributed by atoms with E-state index in [-0.39, 0.29) is 35.7 Å². The van der Waals surface area contributed by atoms with E-state index in [2.05, 4.69) is 69.1 Å². The van der Waals surface area contributed by atoms with Crippen LogP contribution in [0.1, 0.15) is 99.3 Å². The van der Waals surface area contributed by atoms with E-state index in [0.29, 0.717) is 25.9 Å². The third-order valence-electron chi connectivity index (χ3n) is 12.3. The molecule has 2 aromatic heterocycles. The van der Waals surface area contributed by atoms with Crippen LogP contribution in [0.25, 0.3) is 44.3 Å². The minimum absolute atomic E-state index is 0.131. The Labute approximate surface area is 360 Å². The molecule has 12 nitrogen and oxygen atoms in total. The van der Waals surface area contributed by atoms with Crippen LogP contribution >= 0.6 is 0 Å². The summed E-state index contributed by atoms with van der Waals surface area (Å²) < 4.78 is 0. The predicted molar refractivity (Wildman–Crippen MR) is 239 cm³/mol. The van der Waals surface area contributed by atoms with E-state index in [0.717, 1.165) is 92.8 Å². The Bertz CT molecular complexity index is 2560. The molecule has 0 spiro atoms. The minimum Gasteiger partial charge on any atom is -0.341 e. The molecule has 314 valence electrons. The molecule has 0 radical (unpaired) electrons. The molecule has 9 rings (SSSR count). The van der Waals surface area contributed by atoms with Gasteiger partial charge in [-0.3, -0.25) is 19.2 Å². The summed E-state index contributed by atoms with van der Waals surface area (Å²) in [6, 6.07) is 37.7. The van der Waals surface area contributed by atoms with E-state index in [9.17, 15) is 19.2 Å². The average Bonchev–Trinajstić information content (AvgIpc) is 4.16. The van der Waals surface area contributed by atoms with Gasteiger partial charge >= 0.3 is 0 Å². The molecule has 4 heterocycles. The van der Waals surface area contributed by atoms with Gasteiger partial charge in [0.1, 0.15) is 23.7 Å². The molecule has 7 aromatic rings. The number of nitrogens with zero attached hydrogens (tertiary/aromatic N) is 4. The van der Waals surface area contributed by atoms with Gasteiger partial charge in [-0.25, -0.2) is 9.97 Å². The van der Waals surface area contributed by atoms with Crippen LogP contribution in [0.5, 0.6) is 0 Å². The highest BCUT2D eigenvalue weighted by atomic mass is 16.2. The molecule has 4 N–H and O–H groups in total. The number of hydrogen-bond donors (Lipinski definition) is 4. The molecule has 4 atom stereocenters. The lowest BCUT2D eigenvalue weighted by molar-refractivity contribution is -0.137. The standard InChI is InChI=1S/C50H50N8O4/c1-3-43(59)55-45(33-13-7-5-8-14-33)49(61)57-27-11-17-41(57)47-51-37-25-23-35(29-39(37)53-47)31-19-21-32(22-20-31)36-24-26-38-40(30-36)54-48(52-38)42-18-12-28-58(42)50(62)46(56-44(60)4-2)34-15-9-6-10-16-34/h5-10,13-16,19-26,29-30,41-42,45-46H,3-4,11-12,17-18,27-28H2,1-2H3,(H,51,53)(H,52,54)(H,55,59)(H,56,60)/t41-,42-,45+,46+/m0/s1. The molecule has 62 heavy (non-hydrogen) atoms. The number of nitrogens with one attached hydrogen (secondary N) is 4. The van der Waals surface area contributed by atoms with Gasteiger partial charge in [0.05, 0.1) is 34.2 Å². The van der Waals surface area contributed by atoms with E-state index in [1.165, 1.54) is 0 Å². The second kappa shape index (κ2) is 17.5. The summed E-state index contributed by atoms with van der Waals surface area (Å²) in [5, 5.41) is 5.90. The lowest BCUT2D eigenvalue weighted by Gasteiger charge is -2.28. The van der Waals surface area contributed by atoms with Crippen LogP contribution in [0.3, 0.4) is 0 Å². The fourth-order valence-corrected chi connectivity index (χ4v) is 8.94. The molecule has 0 aliphatic carbocycles. The van der Waals surface area contributed by atoms with Crippen molar-refractivity contribution in [3.8, 4) is 22.3 Å². The van der Waals surface area contributed by atoms with Gasteiger partial charge in [-0.1, -0.05) is 111 Å². The molecule has 2 aliphatic rings. The fraction of sp³-hybridized carbons (Fsp3) is 0.280. The van der Waals surface area contributed by atoms with Gasteiger partial charge < -0.3 is 30.4 Å². The molecular formula is C50H50N8O4. The Morgan fingerprint density at radius 2 is 0.952 bits per heavy atom. The van der Waals surface area contributed by atoms with Crippen molar-refractivity contribution in [1.82, 2.24) is 40.4 Å². The van der Waals surface area contributed by atoms with Crippen molar-refractivity contribution < 1.29 is 19.2 Å². The van der Waals surface area contributed by atoms with Crippen molar-refractivity contribution in [2.45, 2.75) is 76.5 Å². The topological polar surface area (TPSA) is 156 Å². The summed E-state index contributed by atoms with van der Waals surface area (Å²) in [4.78, 5) is 73.8. The number of carbonyl (C=O) groups excluding carboxylic acids is 4. The molecule has 0 unspecified atom stereocenters. The Balaban J connectivity index is 0.910. The molecular weight excluding hydrogens is 777 g/mol. The maximum atomic E-state index is 14.1. The molecule has 0 saturated carbocycles. The highest BCUT2D eigenvalue weighted by Crippen LogP contribution is 2.37. The molecule has 2 aliphatic heterocycles. The quantitative estimate of drug-likeness (QED) is 0.0967. The van der Waals surface area contributed by atoms with Gasteiger partial charge in [-0.05, 0) is 83.3 Å². The first kappa shape index (κ1) is 40.3. The van der Waals surface area contributed by atoms with E-state index in [1.54, 1.807) is 13.8 Å². The summed E-state index contributed by atoms with van der Waals surface area (Å²) in [6.45, 7) is 4.75. The zero-order valence-corrected chi connectivity index (χ0v) is 34.9. The zero-order chi connectivity index (χ0) is 42.7. The highest BCUT2D eigenvalue weighted by Gasteiger charge is 2.38. The summed E-state index contributed by atoms with van der Waals surface area (Å²) in [5.41, 5.74) is 9.16. The first-order valence-corrected chi connectivity index (χ1v) is 21.7.